The van der Waals surface area contributed by atoms with Crippen LogP contribution in [0, 0.1) is 5.92 Å². The van der Waals surface area contributed by atoms with Crippen LogP contribution in [0.15, 0.2) is 24.5 Å². The van der Waals surface area contributed by atoms with Gasteiger partial charge in [0.05, 0.1) is 13.0 Å². The van der Waals surface area contributed by atoms with Gasteiger partial charge in [-0.25, -0.2) is 0 Å². The second kappa shape index (κ2) is 9.07. The summed E-state index contributed by atoms with van der Waals surface area (Å²) < 4.78 is 0. The molecule has 2 N–H and O–H groups in total. The average Bonchev–Trinajstić information content (AvgIpc) is 2.43. The topological polar surface area (TPSA) is 82.5 Å². The number of carboxylic acids is 1. The lowest BCUT2D eigenvalue weighted by Gasteiger charge is -2.21. The van der Waals surface area contributed by atoms with Crippen molar-refractivity contribution < 1.29 is 14.7 Å². The molecule has 1 heterocycles. The Morgan fingerprint density at radius 1 is 1.33 bits per heavy atom. The van der Waals surface area contributed by atoms with Gasteiger partial charge in [-0.15, -0.1) is 0 Å². The fourth-order valence-corrected chi connectivity index (χ4v) is 1.79. The Balaban J connectivity index is 2.55. The molecule has 0 aromatic carbocycles. The number of hydrogen-bond acceptors (Lipinski definition) is 4. The van der Waals surface area contributed by atoms with Crippen LogP contribution in [0.4, 0.5) is 0 Å². The molecule has 0 aliphatic heterocycles. The summed E-state index contributed by atoms with van der Waals surface area (Å²) in [5.41, 5.74) is 1.01. The largest absolute Gasteiger partial charge is 0.481 e. The second-order valence-corrected chi connectivity index (χ2v) is 5.41. The predicted molar refractivity (Wildman–Crippen MR) is 79.6 cm³/mol. The minimum atomic E-state index is -0.864. The van der Waals surface area contributed by atoms with Crippen molar-refractivity contribution in [1.29, 1.82) is 0 Å². The quantitative estimate of drug-likeness (QED) is 0.713. The highest BCUT2D eigenvalue weighted by Gasteiger charge is 2.13. The summed E-state index contributed by atoms with van der Waals surface area (Å²) >= 11 is 0. The van der Waals surface area contributed by atoms with Crippen LogP contribution in [0.5, 0.6) is 0 Å². The number of nitrogens with zero attached hydrogens (tertiary/aromatic N) is 2. The smallest absolute Gasteiger partial charge is 0.304 e. The third kappa shape index (κ3) is 8.04. The van der Waals surface area contributed by atoms with Gasteiger partial charge in [-0.05, 0) is 23.6 Å². The standard InChI is InChI=1S/C15H23N3O3/c1-12(2)9-17-14(19)11-18(8-5-15(20)21)10-13-3-6-16-7-4-13/h3-4,6-7,12H,5,8-11H2,1-2H3,(H,17,19)(H,20,21). The number of hydrogen-bond donors (Lipinski definition) is 2. The van der Waals surface area contributed by atoms with Crippen molar-refractivity contribution in [3.05, 3.63) is 30.1 Å². The van der Waals surface area contributed by atoms with Crippen molar-refractivity contribution in [2.45, 2.75) is 26.8 Å². The SMILES string of the molecule is CC(C)CNC(=O)CN(CCC(=O)O)Cc1ccncc1. The molecule has 0 atom stereocenters. The zero-order chi connectivity index (χ0) is 15.7. The zero-order valence-electron chi connectivity index (χ0n) is 12.6. The van der Waals surface area contributed by atoms with E-state index >= 15 is 0 Å². The van der Waals surface area contributed by atoms with Crippen molar-refractivity contribution in [1.82, 2.24) is 15.2 Å². The molecule has 1 aromatic rings. The maximum Gasteiger partial charge on any atom is 0.304 e. The molecule has 0 aliphatic rings. The van der Waals surface area contributed by atoms with E-state index in [0.29, 0.717) is 25.6 Å². The van der Waals surface area contributed by atoms with E-state index in [1.165, 1.54) is 0 Å². The first-order valence-corrected chi connectivity index (χ1v) is 7.07. The molecule has 0 unspecified atom stereocenters. The second-order valence-electron chi connectivity index (χ2n) is 5.41. The number of rotatable bonds is 9. The molecule has 0 bridgehead atoms. The fourth-order valence-electron chi connectivity index (χ4n) is 1.79. The lowest BCUT2D eigenvalue weighted by Crippen LogP contribution is -2.39. The average molecular weight is 293 g/mol. The van der Waals surface area contributed by atoms with Gasteiger partial charge in [0.25, 0.3) is 0 Å². The van der Waals surface area contributed by atoms with E-state index in [-0.39, 0.29) is 18.9 Å². The number of amides is 1. The van der Waals surface area contributed by atoms with Crippen molar-refractivity contribution in [2.24, 2.45) is 5.92 Å². The van der Waals surface area contributed by atoms with E-state index in [1.54, 1.807) is 12.4 Å². The van der Waals surface area contributed by atoms with E-state index in [1.807, 2.05) is 30.9 Å². The van der Waals surface area contributed by atoms with E-state index in [9.17, 15) is 9.59 Å². The lowest BCUT2D eigenvalue weighted by atomic mass is 10.2. The number of aromatic nitrogens is 1. The highest BCUT2D eigenvalue weighted by Crippen LogP contribution is 2.04. The summed E-state index contributed by atoms with van der Waals surface area (Å²) in [6.45, 7) is 5.75. The van der Waals surface area contributed by atoms with Gasteiger partial charge in [0.1, 0.15) is 0 Å². The summed E-state index contributed by atoms with van der Waals surface area (Å²) in [7, 11) is 0. The predicted octanol–water partition coefficient (Wildman–Crippen LogP) is 1.13. The van der Waals surface area contributed by atoms with Gasteiger partial charge >= 0.3 is 5.97 Å². The van der Waals surface area contributed by atoms with Crippen molar-refractivity contribution >= 4 is 11.9 Å². The third-order valence-corrected chi connectivity index (χ3v) is 2.87. The number of aliphatic carboxylic acids is 1. The van der Waals surface area contributed by atoms with Crippen LogP contribution in [-0.4, -0.2) is 46.5 Å². The third-order valence-electron chi connectivity index (χ3n) is 2.87. The van der Waals surface area contributed by atoms with E-state index in [2.05, 4.69) is 10.3 Å². The van der Waals surface area contributed by atoms with Gasteiger partial charge in [0.15, 0.2) is 0 Å². The first-order chi connectivity index (χ1) is 9.97. The molecule has 0 fully saturated rings. The molecule has 1 amide bonds. The Morgan fingerprint density at radius 2 is 2.00 bits per heavy atom. The highest BCUT2D eigenvalue weighted by molar-refractivity contribution is 5.78. The van der Waals surface area contributed by atoms with Crippen molar-refractivity contribution in [3.8, 4) is 0 Å². The minimum Gasteiger partial charge on any atom is -0.481 e. The normalized spacial score (nSPS) is 10.9. The van der Waals surface area contributed by atoms with Crippen LogP contribution in [0.25, 0.3) is 0 Å². The Morgan fingerprint density at radius 3 is 2.57 bits per heavy atom. The first kappa shape index (κ1) is 17.1. The summed E-state index contributed by atoms with van der Waals surface area (Å²) in [4.78, 5) is 28.4. The molecule has 1 aromatic heterocycles. The Kier molecular flexibility index (Phi) is 7.39. The van der Waals surface area contributed by atoms with Gasteiger partial charge in [0, 0.05) is 32.0 Å². The molecule has 116 valence electrons. The van der Waals surface area contributed by atoms with Gasteiger partial charge in [-0.1, -0.05) is 13.8 Å². The molecule has 0 saturated carbocycles. The summed E-state index contributed by atoms with van der Waals surface area (Å²) in [6, 6.07) is 3.72. The lowest BCUT2D eigenvalue weighted by molar-refractivity contribution is -0.137. The van der Waals surface area contributed by atoms with Crippen LogP contribution < -0.4 is 5.32 Å². The number of carbonyl (C=O) groups excluding carboxylic acids is 1. The fraction of sp³-hybridized carbons (Fsp3) is 0.533. The van der Waals surface area contributed by atoms with Crippen LogP contribution >= 0.6 is 0 Å². The summed E-state index contributed by atoms with van der Waals surface area (Å²) in [5.74, 6) is -0.554. The van der Waals surface area contributed by atoms with Crippen LogP contribution in [0.1, 0.15) is 25.8 Å². The molecule has 1 rings (SSSR count). The maximum absolute atomic E-state index is 11.9. The van der Waals surface area contributed by atoms with Crippen LogP contribution in [0.2, 0.25) is 0 Å². The number of carbonyl (C=O) groups is 2. The number of nitrogens with one attached hydrogen (secondary N) is 1. The van der Waals surface area contributed by atoms with Crippen molar-refractivity contribution in [3.63, 3.8) is 0 Å². The van der Waals surface area contributed by atoms with E-state index in [4.69, 9.17) is 5.11 Å². The summed E-state index contributed by atoms with van der Waals surface area (Å²) in [5, 5.41) is 11.6. The zero-order valence-corrected chi connectivity index (χ0v) is 12.6. The Hall–Kier alpha value is -1.95. The van der Waals surface area contributed by atoms with Gasteiger partial charge < -0.3 is 10.4 Å². The molecule has 6 heteroatoms. The molecule has 6 nitrogen and oxygen atoms in total. The van der Waals surface area contributed by atoms with Gasteiger partial charge in [-0.3, -0.25) is 19.5 Å². The minimum absolute atomic E-state index is 0.0164. The molecule has 0 spiro atoms. The Bertz CT molecular complexity index is 449. The first-order valence-electron chi connectivity index (χ1n) is 7.07. The maximum atomic E-state index is 11.9. The van der Waals surface area contributed by atoms with E-state index in [0.717, 1.165) is 5.56 Å². The summed E-state index contributed by atoms with van der Waals surface area (Å²) in [6.07, 6.45) is 3.38. The highest BCUT2D eigenvalue weighted by atomic mass is 16.4. The monoisotopic (exact) mass is 293 g/mol. The molecule has 21 heavy (non-hydrogen) atoms. The number of pyridine rings is 1. The van der Waals surface area contributed by atoms with Crippen LogP contribution in [-0.2, 0) is 16.1 Å². The van der Waals surface area contributed by atoms with Gasteiger partial charge in [0.2, 0.25) is 5.91 Å². The Labute approximate surface area is 125 Å². The van der Waals surface area contributed by atoms with E-state index < -0.39 is 5.97 Å². The molecule has 0 aliphatic carbocycles. The molecule has 0 radical (unpaired) electrons. The molecular weight excluding hydrogens is 270 g/mol. The van der Waals surface area contributed by atoms with Gasteiger partial charge in [-0.2, -0.15) is 0 Å². The molecular formula is C15H23N3O3. The number of carboxylic acid groups (broad SMARTS) is 1. The van der Waals surface area contributed by atoms with Crippen molar-refractivity contribution in [2.75, 3.05) is 19.6 Å². The van der Waals surface area contributed by atoms with Crippen LogP contribution in [0.3, 0.4) is 0 Å². The molecule has 0 saturated heterocycles.